The third-order valence-electron chi connectivity index (χ3n) is 3.42. The van der Waals surface area contributed by atoms with Gasteiger partial charge in [-0.3, -0.25) is 0 Å². The molecule has 1 saturated carbocycles. The second kappa shape index (κ2) is 4.37. The van der Waals surface area contributed by atoms with Crippen LogP contribution < -0.4 is 5.32 Å². The average Bonchev–Trinajstić information content (AvgIpc) is 2.66. The number of aromatic nitrogens is 1. The Kier molecular flexibility index (Phi) is 2.92. The van der Waals surface area contributed by atoms with Crippen LogP contribution >= 0.6 is 11.3 Å². The fourth-order valence-corrected chi connectivity index (χ4v) is 3.28. The first-order valence-corrected chi connectivity index (χ1v) is 6.98. The van der Waals surface area contributed by atoms with Crippen LogP contribution in [0.2, 0.25) is 0 Å². The summed E-state index contributed by atoms with van der Waals surface area (Å²) < 4.78 is 38.6. The monoisotopic (exact) mass is 286 g/mol. The first kappa shape index (κ1) is 12.7. The van der Waals surface area contributed by atoms with Crippen molar-refractivity contribution in [1.82, 2.24) is 4.98 Å². The first-order chi connectivity index (χ1) is 8.91. The highest BCUT2D eigenvalue weighted by Gasteiger charge is 2.31. The number of thiazole rings is 1. The third kappa shape index (κ3) is 2.54. The summed E-state index contributed by atoms with van der Waals surface area (Å²) in [5.41, 5.74) is -0.233. The summed E-state index contributed by atoms with van der Waals surface area (Å²) in [6, 6.07) is 4.12. The fourth-order valence-electron chi connectivity index (χ4n) is 2.36. The molecule has 0 spiro atoms. The normalized spacial score (nSPS) is 23.4. The van der Waals surface area contributed by atoms with Crippen molar-refractivity contribution in [3.8, 4) is 0 Å². The first-order valence-electron chi connectivity index (χ1n) is 6.16. The molecular formula is C13H13F3N2S. The number of hydrogen-bond acceptors (Lipinski definition) is 3. The van der Waals surface area contributed by atoms with Gasteiger partial charge in [0.05, 0.1) is 15.8 Å². The van der Waals surface area contributed by atoms with Gasteiger partial charge in [-0.05, 0) is 37.0 Å². The van der Waals surface area contributed by atoms with Gasteiger partial charge in [0.1, 0.15) is 0 Å². The lowest BCUT2D eigenvalue weighted by molar-refractivity contribution is -0.137. The predicted octanol–water partition coefficient (Wildman–Crippen LogP) is 4.53. The second-order valence-corrected chi connectivity index (χ2v) is 6.15. The number of benzene rings is 1. The maximum atomic E-state index is 12.6. The molecule has 0 saturated heterocycles. The second-order valence-electron chi connectivity index (χ2n) is 5.12. The minimum atomic E-state index is -4.31. The number of rotatable bonds is 2. The molecule has 2 nitrogen and oxygen atoms in total. The fraction of sp³-hybridized carbons (Fsp3) is 0.462. The zero-order valence-corrected chi connectivity index (χ0v) is 11.1. The van der Waals surface area contributed by atoms with Crippen LogP contribution in [0.1, 0.15) is 25.3 Å². The van der Waals surface area contributed by atoms with Gasteiger partial charge in [0.2, 0.25) is 0 Å². The van der Waals surface area contributed by atoms with Crippen molar-refractivity contribution in [2.75, 3.05) is 5.32 Å². The molecule has 0 amide bonds. The number of halogens is 3. The van der Waals surface area contributed by atoms with Crippen molar-refractivity contribution >= 4 is 26.7 Å². The van der Waals surface area contributed by atoms with Gasteiger partial charge in [0.25, 0.3) is 0 Å². The molecule has 0 bridgehead atoms. The van der Waals surface area contributed by atoms with E-state index in [1.807, 2.05) is 0 Å². The van der Waals surface area contributed by atoms with Crippen molar-refractivity contribution < 1.29 is 13.2 Å². The van der Waals surface area contributed by atoms with E-state index in [9.17, 15) is 13.2 Å². The van der Waals surface area contributed by atoms with E-state index >= 15 is 0 Å². The molecule has 1 aromatic carbocycles. The van der Waals surface area contributed by atoms with Crippen LogP contribution in [-0.2, 0) is 6.18 Å². The summed E-state index contributed by atoms with van der Waals surface area (Å²) in [4.78, 5) is 4.24. The molecule has 0 aliphatic heterocycles. The van der Waals surface area contributed by atoms with E-state index in [-0.39, 0.29) is 0 Å². The van der Waals surface area contributed by atoms with Crippen molar-refractivity contribution in [2.45, 2.75) is 32.0 Å². The van der Waals surface area contributed by atoms with Crippen LogP contribution in [0.5, 0.6) is 0 Å². The highest BCUT2D eigenvalue weighted by atomic mass is 32.1. The van der Waals surface area contributed by atoms with Gasteiger partial charge in [0.15, 0.2) is 5.13 Å². The van der Waals surface area contributed by atoms with Crippen molar-refractivity contribution in [1.29, 1.82) is 0 Å². The zero-order chi connectivity index (χ0) is 13.6. The predicted molar refractivity (Wildman–Crippen MR) is 70.4 cm³/mol. The number of nitrogens with one attached hydrogen (secondary N) is 1. The number of anilines is 1. The summed E-state index contributed by atoms with van der Waals surface area (Å²) in [5, 5.41) is 4.00. The molecule has 1 N–H and O–H groups in total. The molecule has 1 heterocycles. The molecule has 3 rings (SSSR count). The van der Waals surface area contributed by atoms with E-state index < -0.39 is 11.7 Å². The van der Waals surface area contributed by atoms with E-state index in [2.05, 4.69) is 17.2 Å². The number of alkyl halides is 3. The minimum absolute atomic E-state index is 0.412. The van der Waals surface area contributed by atoms with E-state index in [4.69, 9.17) is 0 Å². The van der Waals surface area contributed by atoms with Gasteiger partial charge in [-0.25, -0.2) is 4.98 Å². The molecule has 0 radical (unpaired) electrons. The molecular weight excluding hydrogens is 273 g/mol. The molecule has 19 heavy (non-hydrogen) atoms. The Labute approximate surface area is 112 Å². The summed E-state index contributed by atoms with van der Waals surface area (Å²) in [6.45, 7) is 2.19. The largest absolute Gasteiger partial charge is 0.416 e. The van der Waals surface area contributed by atoms with E-state index in [0.717, 1.165) is 35.6 Å². The maximum absolute atomic E-state index is 12.6. The highest BCUT2D eigenvalue weighted by molar-refractivity contribution is 7.22. The molecule has 0 unspecified atom stereocenters. The van der Waals surface area contributed by atoms with Gasteiger partial charge in [0, 0.05) is 6.04 Å². The Morgan fingerprint density at radius 2 is 2.05 bits per heavy atom. The Hall–Kier alpha value is -1.30. The molecule has 2 aromatic rings. The Morgan fingerprint density at radius 1 is 1.32 bits per heavy atom. The zero-order valence-electron chi connectivity index (χ0n) is 10.3. The van der Waals surface area contributed by atoms with Gasteiger partial charge in [-0.1, -0.05) is 18.3 Å². The lowest BCUT2D eigenvalue weighted by atomic mass is 9.82. The SMILES string of the molecule is CC1CC(Nc2nc3cc(C(F)(F)F)ccc3s2)C1. The van der Waals surface area contributed by atoms with Crippen molar-refractivity contribution in [2.24, 2.45) is 5.92 Å². The van der Waals surface area contributed by atoms with Crippen molar-refractivity contribution in [3.63, 3.8) is 0 Å². The molecule has 1 aromatic heterocycles. The van der Waals surface area contributed by atoms with E-state index in [1.165, 1.54) is 17.4 Å². The van der Waals surface area contributed by atoms with E-state index in [0.29, 0.717) is 16.7 Å². The summed E-state index contributed by atoms with van der Waals surface area (Å²) in [6.07, 6.45) is -2.11. The molecule has 6 heteroatoms. The van der Waals surface area contributed by atoms with Crippen LogP contribution in [0.3, 0.4) is 0 Å². The van der Waals surface area contributed by atoms with Crippen LogP contribution in [0, 0.1) is 5.92 Å². The van der Waals surface area contributed by atoms with Crippen molar-refractivity contribution in [3.05, 3.63) is 23.8 Å². The highest BCUT2D eigenvalue weighted by Crippen LogP contribution is 2.35. The topological polar surface area (TPSA) is 24.9 Å². The molecule has 1 fully saturated rings. The van der Waals surface area contributed by atoms with Crippen LogP contribution in [0.15, 0.2) is 18.2 Å². The van der Waals surface area contributed by atoms with Crippen LogP contribution in [0.4, 0.5) is 18.3 Å². The Balaban J connectivity index is 1.84. The number of fused-ring (bicyclic) bond motifs is 1. The molecule has 0 atom stereocenters. The van der Waals surface area contributed by atoms with Gasteiger partial charge >= 0.3 is 6.18 Å². The number of hydrogen-bond donors (Lipinski definition) is 1. The summed E-state index contributed by atoms with van der Waals surface area (Å²) in [7, 11) is 0. The Morgan fingerprint density at radius 3 is 2.68 bits per heavy atom. The standard InChI is InChI=1S/C13H13F3N2S/c1-7-4-9(5-7)17-12-18-10-6-8(13(14,15)16)2-3-11(10)19-12/h2-3,6-7,9H,4-5H2,1H3,(H,17,18). The molecule has 1 aliphatic carbocycles. The lowest BCUT2D eigenvalue weighted by Crippen LogP contribution is -2.33. The molecule has 102 valence electrons. The third-order valence-corrected chi connectivity index (χ3v) is 4.38. The Bertz CT molecular complexity index is 599. The number of nitrogens with zero attached hydrogens (tertiary/aromatic N) is 1. The smallest absolute Gasteiger partial charge is 0.359 e. The van der Waals surface area contributed by atoms with Gasteiger partial charge in [-0.2, -0.15) is 13.2 Å². The summed E-state index contributed by atoms with van der Waals surface area (Å²) >= 11 is 1.41. The van der Waals surface area contributed by atoms with Gasteiger partial charge in [-0.15, -0.1) is 0 Å². The van der Waals surface area contributed by atoms with E-state index in [1.54, 1.807) is 0 Å². The maximum Gasteiger partial charge on any atom is 0.416 e. The minimum Gasteiger partial charge on any atom is -0.359 e. The summed E-state index contributed by atoms with van der Waals surface area (Å²) in [5.74, 6) is 0.726. The average molecular weight is 286 g/mol. The van der Waals surface area contributed by atoms with Gasteiger partial charge < -0.3 is 5.32 Å². The quantitative estimate of drug-likeness (QED) is 0.877. The van der Waals surface area contributed by atoms with Crippen LogP contribution in [0.25, 0.3) is 10.2 Å². The van der Waals surface area contributed by atoms with Crippen LogP contribution in [-0.4, -0.2) is 11.0 Å². The lowest BCUT2D eigenvalue weighted by Gasteiger charge is -2.33. The molecule has 1 aliphatic rings.